The highest BCUT2D eigenvalue weighted by Gasteiger charge is 2.23. The number of nitrogens with zero attached hydrogens (tertiary/aromatic N) is 3. The normalized spacial score (nSPS) is 17.2. The van der Waals surface area contributed by atoms with Crippen LogP contribution in [-0.2, 0) is 11.3 Å². The van der Waals surface area contributed by atoms with Gasteiger partial charge in [0.25, 0.3) is 0 Å². The van der Waals surface area contributed by atoms with Crippen molar-refractivity contribution in [3.8, 4) is 0 Å². The summed E-state index contributed by atoms with van der Waals surface area (Å²) < 4.78 is 0. The lowest BCUT2D eigenvalue weighted by atomic mass is 10.1. The Kier molecular flexibility index (Phi) is 6.73. The average Bonchev–Trinajstić information content (AvgIpc) is 3.19. The predicted molar refractivity (Wildman–Crippen MR) is 132 cm³/mol. The third-order valence-corrected chi connectivity index (χ3v) is 6.32. The number of benzene rings is 2. The van der Waals surface area contributed by atoms with Crippen LogP contribution in [0.5, 0.6) is 0 Å². The second-order valence-electron chi connectivity index (χ2n) is 8.41. The summed E-state index contributed by atoms with van der Waals surface area (Å²) in [6.07, 6.45) is 1.58. The van der Waals surface area contributed by atoms with Crippen LogP contribution >= 0.6 is 12.2 Å². The number of hydrogen-bond acceptors (Lipinski definition) is 4. The Balaban J connectivity index is 1.28. The van der Waals surface area contributed by atoms with Crippen molar-refractivity contribution in [2.24, 2.45) is 0 Å². The Morgan fingerprint density at radius 1 is 1.03 bits per heavy atom. The second-order valence-corrected chi connectivity index (χ2v) is 8.82. The van der Waals surface area contributed by atoms with Crippen molar-refractivity contribution < 1.29 is 4.79 Å². The minimum absolute atomic E-state index is 0.208. The zero-order chi connectivity index (χ0) is 21.8. The number of anilines is 3. The van der Waals surface area contributed by atoms with Gasteiger partial charge in [-0.3, -0.25) is 4.79 Å². The van der Waals surface area contributed by atoms with Crippen molar-refractivity contribution >= 4 is 40.3 Å². The Bertz CT molecular complexity index is 937. The molecular formula is C24H31N5OS. The molecule has 2 saturated heterocycles. The molecular weight excluding hydrogens is 406 g/mol. The third kappa shape index (κ3) is 5.35. The van der Waals surface area contributed by atoms with Gasteiger partial charge in [0.15, 0.2) is 5.11 Å². The molecule has 4 rings (SSSR count). The number of carbonyl (C=O) groups is 1. The molecule has 2 aromatic rings. The van der Waals surface area contributed by atoms with Gasteiger partial charge < -0.3 is 25.3 Å². The van der Waals surface area contributed by atoms with Crippen LogP contribution in [0.4, 0.5) is 17.1 Å². The fourth-order valence-electron chi connectivity index (χ4n) is 4.19. The van der Waals surface area contributed by atoms with Crippen LogP contribution in [-0.4, -0.2) is 55.7 Å². The molecule has 0 atom stereocenters. The standard InChI is InChI=1S/C24H31N5OS/c1-18-16-20(7-10-22(18)29-11-3-4-23(29)30)26-24(31)25-17-19-5-8-21(9-6-19)28-14-12-27(2)13-15-28/h5-10,16H,3-4,11-15,17H2,1-2H3,(H2,25,26,31). The van der Waals surface area contributed by atoms with E-state index >= 15 is 0 Å². The third-order valence-electron chi connectivity index (χ3n) is 6.08. The zero-order valence-electron chi connectivity index (χ0n) is 18.4. The number of thiocarbonyl (C=S) groups is 1. The molecule has 2 aromatic carbocycles. The van der Waals surface area contributed by atoms with Crippen LogP contribution in [0.15, 0.2) is 42.5 Å². The molecule has 1 amide bonds. The molecule has 2 aliphatic heterocycles. The molecule has 2 N–H and O–H groups in total. The highest BCUT2D eigenvalue weighted by Crippen LogP contribution is 2.27. The van der Waals surface area contributed by atoms with Crippen LogP contribution in [0.25, 0.3) is 0 Å². The molecule has 0 unspecified atom stereocenters. The molecule has 164 valence electrons. The fraction of sp³-hybridized carbons (Fsp3) is 0.417. The monoisotopic (exact) mass is 437 g/mol. The van der Waals surface area contributed by atoms with Crippen molar-refractivity contribution in [1.29, 1.82) is 0 Å². The summed E-state index contributed by atoms with van der Waals surface area (Å²) in [4.78, 5) is 18.7. The van der Waals surface area contributed by atoms with Gasteiger partial charge in [0.1, 0.15) is 0 Å². The van der Waals surface area contributed by atoms with E-state index in [2.05, 4.69) is 51.7 Å². The zero-order valence-corrected chi connectivity index (χ0v) is 19.2. The van der Waals surface area contributed by atoms with Crippen LogP contribution in [0, 0.1) is 6.92 Å². The Labute approximate surface area is 190 Å². The molecule has 0 aliphatic carbocycles. The maximum atomic E-state index is 12.0. The summed E-state index contributed by atoms with van der Waals surface area (Å²) in [6.45, 7) is 7.88. The van der Waals surface area contributed by atoms with E-state index in [4.69, 9.17) is 12.2 Å². The van der Waals surface area contributed by atoms with Crippen molar-refractivity contribution in [3.05, 3.63) is 53.6 Å². The van der Waals surface area contributed by atoms with E-state index in [-0.39, 0.29) is 5.91 Å². The molecule has 0 aromatic heterocycles. The molecule has 7 heteroatoms. The van der Waals surface area contributed by atoms with E-state index in [1.54, 1.807) is 0 Å². The van der Waals surface area contributed by atoms with Crippen LogP contribution < -0.4 is 20.4 Å². The van der Waals surface area contributed by atoms with Crippen LogP contribution in [0.3, 0.4) is 0 Å². The lowest BCUT2D eigenvalue weighted by molar-refractivity contribution is -0.117. The second kappa shape index (κ2) is 9.66. The summed E-state index contributed by atoms with van der Waals surface area (Å²) in [6, 6.07) is 14.7. The first-order valence-electron chi connectivity index (χ1n) is 11.0. The minimum atomic E-state index is 0.208. The van der Waals surface area contributed by atoms with E-state index in [0.717, 1.165) is 56.1 Å². The first-order valence-corrected chi connectivity index (χ1v) is 11.4. The van der Waals surface area contributed by atoms with Crippen LogP contribution in [0.2, 0.25) is 0 Å². The fourth-order valence-corrected chi connectivity index (χ4v) is 4.38. The largest absolute Gasteiger partial charge is 0.369 e. The van der Waals surface area contributed by atoms with Crippen LogP contribution in [0.1, 0.15) is 24.0 Å². The average molecular weight is 438 g/mol. The van der Waals surface area contributed by atoms with E-state index in [1.807, 2.05) is 30.0 Å². The quantitative estimate of drug-likeness (QED) is 0.700. The molecule has 2 heterocycles. The lowest BCUT2D eigenvalue weighted by Gasteiger charge is -2.34. The number of carbonyl (C=O) groups excluding carboxylic acids is 1. The molecule has 0 bridgehead atoms. The lowest BCUT2D eigenvalue weighted by Crippen LogP contribution is -2.44. The van der Waals surface area contributed by atoms with Gasteiger partial charge in [0, 0.05) is 62.8 Å². The van der Waals surface area contributed by atoms with Gasteiger partial charge in [-0.05, 0) is 74.1 Å². The van der Waals surface area contributed by atoms with E-state index in [1.165, 1.54) is 11.3 Å². The molecule has 2 fully saturated rings. The smallest absolute Gasteiger partial charge is 0.227 e. The minimum Gasteiger partial charge on any atom is -0.369 e. The summed E-state index contributed by atoms with van der Waals surface area (Å²) in [5.41, 5.74) is 5.47. The van der Waals surface area contributed by atoms with Gasteiger partial charge in [-0.2, -0.15) is 0 Å². The first kappa shape index (κ1) is 21.6. The summed E-state index contributed by atoms with van der Waals surface area (Å²) in [7, 11) is 2.17. The number of rotatable bonds is 5. The highest BCUT2D eigenvalue weighted by atomic mass is 32.1. The van der Waals surface area contributed by atoms with Gasteiger partial charge >= 0.3 is 0 Å². The number of likely N-dealkylation sites (N-methyl/N-ethyl adjacent to an activating group) is 1. The van der Waals surface area contributed by atoms with Gasteiger partial charge in [-0.15, -0.1) is 0 Å². The number of hydrogen-bond donors (Lipinski definition) is 2. The summed E-state index contributed by atoms with van der Waals surface area (Å²) in [5, 5.41) is 7.13. The number of aryl methyl sites for hydroxylation is 1. The number of amides is 1. The van der Waals surface area contributed by atoms with E-state index in [0.29, 0.717) is 18.1 Å². The molecule has 0 radical (unpaired) electrons. The van der Waals surface area contributed by atoms with Gasteiger partial charge in [-0.1, -0.05) is 12.1 Å². The van der Waals surface area contributed by atoms with Crippen molar-refractivity contribution in [2.45, 2.75) is 26.3 Å². The van der Waals surface area contributed by atoms with Crippen molar-refractivity contribution in [2.75, 3.05) is 54.9 Å². The Morgan fingerprint density at radius 3 is 2.42 bits per heavy atom. The molecule has 31 heavy (non-hydrogen) atoms. The van der Waals surface area contributed by atoms with Crippen molar-refractivity contribution in [3.63, 3.8) is 0 Å². The molecule has 0 saturated carbocycles. The van der Waals surface area contributed by atoms with Crippen molar-refractivity contribution in [1.82, 2.24) is 10.2 Å². The Morgan fingerprint density at radius 2 is 1.77 bits per heavy atom. The topological polar surface area (TPSA) is 50.9 Å². The first-order chi connectivity index (χ1) is 15.0. The molecule has 0 spiro atoms. The number of piperazine rings is 1. The SMILES string of the molecule is Cc1cc(NC(=S)NCc2ccc(N3CCN(C)CC3)cc2)ccc1N1CCCC1=O. The van der Waals surface area contributed by atoms with E-state index in [9.17, 15) is 4.79 Å². The molecule has 6 nitrogen and oxygen atoms in total. The number of nitrogens with one attached hydrogen (secondary N) is 2. The summed E-state index contributed by atoms with van der Waals surface area (Å²) in [5.74, 6) is 0.208. The van der Waals surface area contributed by atoms with E-state index < -0.39 is 0 Å². The van der Waals surface area contributed by atoms with Gasteiger partial charge in [0.2, 0.25) is 5.91 Å². The predicted octanol–water partition coefficient (Wildman–Crippen LogP) is 3.36. The Hall–Kier alpha value is -2.64. The van der Waals surface area contributed by atoms with Gasteiger partial charge in [0.05, 0.1) is 0 Å². The molecule has 2 aliphatic rings. The maximum Gasteiger partial charge on any atom is 0.227 e. The highest BCUT2D eigenvalue weighted by molar-refractivity contribution is 7.80. The maximum absolute atomic E-state index is 12.0. The summed E-state index contributed by atoms with van der Waals surface area (Å²) >= 11 is 5.48. The van der Waals surface area contributed by atoms with Gasteiger partial charge in [-0.25, -0.2) is 0 Å².